The maximum Gasteiger partial charge on any atom is 0.307 e. The van der Waals surface area contributed by atoms with Gasteiger partial charge in [0.15, 0.2) is 0 Å². The molecule has 0 fully saturated rings. The van der Waals surface area contributed by atoms with Crippen LogP contribution in [0.3, 0.4) is 0 Å². The van der Waals surface area contributed by atoms with Gasteiger partial charge in [0.1, 0.15) is 5.75 Å². The van der Waals surface area contributed by atoms with Gasteiger partial charge in [0.05, 0.1) is 12.5 Å². The molecule has 0 saturated carbocycles. The number of anilines is 1. The van der Waals surface area contributed by atoms with Gasteiger partial charge >= 0.3 is 5.97 Å². The van der Waals surface area contributed by atoms with E-state index in [0.717, 1.165) is 6.42 Å². The molecule has 0 saturated heterocycles. The second-order valence-corrected chi connectivity index (χ2v) is 5.59. The van der Waals surface area contributed by atoms with E-state index in [-0.39, 0.29) is 18.4 Å². The summed E-state index contributed by atoms with van der Waals surface area (Å²) in [7, 11) is 0. The van der Waals surface area contributed by atoms with Gasteiger partial charge in [0, 0.05) is 11.3 Å². The molecule has 0 aliphatic rings. The minimum atomic E-state index is -0.884. The number of nitrogens with one attached hydrogen (secondary N) is 1. The van der Waals surface area contributed by atoms with Gasteiger partial charge in [-0.05, 0) is 49.2 Å². The number of rotatable bonds is 7. The van der Waals surface area contributed by atoms with Crippen molar-refractivity contribution in [1.29, 1.82) is 0 Å². The highest BCUT2D eigenvalue weighted by Gasteiger charge is 2.09. The van der Waals surface area contributed by atoms with Crippen molar-refractivity contribution in [3.63, 3.8) is 0 Å². The van der Waals surface area contributed by atoms with Crippen LogP contribution < -0.4 is 10.1 Å². The van der Waals surface area contributed by atoms with Crippen molar-refractivity contribution in [2.24, 2.45) is 0 Å². The summed E-state index contributed by atoms with van der Waals surface area (Å²) >= 11 is 0. The van der Waals surface area contributed by atoms with Crippen LogP contribution in [0.25, 0.3) is 0 Å². The summed E-state index contributed by atoms with van der Waals surface area (Å²) in [5.74, 6) is -0.464. The van der Waals surface area contributed by atoms with Gasteiger partial charge in [0.2, 0.25) is 0 Å². The Morgan fingerprint density at radius 3 is 2.50 bits per heavy atom. The molecule has 1 unspecified atom stereocenters. The summed E-state index contributed by atoms with van der Waals surface area (Å²) in [5.41, 5.74) is 1.80. The molecule has 0 aromatic heterocycles. The zero-order valence-electron chi connectivity index (χ0n) is 13.8. The number of carboxylic acids is 1. The molecule has 1 amide bonds. The number of aliphatic carboxylic acids is 1. The molecule has 0 radical (unpaired) electrons. The summed E-state index contributed by atoms with van der Waals surface area (Å²) in [5, 5.41) is 11.5. The standard InChI is InChI=1S/C19H21NO4/c1-3-13(2)24-17-6-4-5-15(12-17)19(23)20-16-9-7-14(8-10-16)11-18(21)22/h4-10,12-13H,3,11H2,1-2H3,(H,20,23)(H,21,22). The van der Waals surface area contributed by atoms with Gasteiger partial charge in [-0.3, -0.25) is 9.59 Å². The molecule has 2 aromatic carbocycles. The fraction of sp³-hybridized carbons (Fsp3) is 0.263. The third-order valence-corrected chi connectivity index (χ3v) is 3.58. The SMILES string of the molecule is CCC(C)Oc1cccc(C(=O)Nc2ccc(CC(=O)O)cc2)c1. The fourth-order valence-electron chi connectivity index (χ4n) is 2.11. The minimum Gasteiger partial charge on any atom is -0.491 e. The Morgan fingerprint density at radius 2 is 1.88 bits per heavy atom. The Hall–Kier alpha value is -2.82. The lowest BCUT2D eigenvalue weighted by Crippen LogP contribution is -2.13. The lowest BCUT2D eigenvalue weighted by molar-refractivity contribution is -0.136. The first kappa shape index (κ1) is 17.5. The van der Waals surface area contributed by atoms with E-state index < -0.39 is 5.97 Å². The van der Waals surface area contributed by atoms with Crippen LogP contribution in [-0.4, -0.2) is 23.1 Å². The molecule has 2 aromatic rings. The Morgan fingerprint density at radius 1 is 1.17 bits per heavy atom. The van der Waals surface area contributed by atoms with Crippen molar-refractivity contribution in [2.75, 3.05) is 5.32 Å². The number of hydrogen-bond acceptors (Lipinski definition) is 3. The number of amides is 1. The van der Waals surface area contributed by atoms with E-state index in [1.807, 2.05) is 19.9 Å². The summed E-state index contributed by atoms with van der Waals surface area (Å²) < 4.78 is 5.72. The molecule has 5 heteroatoms. The van der Waals surface area contributed by atoms with Crippen LogP contribution in [0.5, 0.6) is 5.75 Å². The molecule has 5 nitrogen and oxygen atoms in total. The van der Waals surface area contributed by atoms with Gasteiger partial charge in [-0.15, -0.1) is 0 Å². The summed E-state index contributed by atoms with van der Waals surface area (Å²) in [6.45, 7) is 4.01. The molecular weight excluding hydrogens is 306 g/mol. The monoisotopic (exact) mass is 327 g/mol. The van der Waals surface area contributed by atoms with E-state index in [9.17, 15) is 9.59 Å². The maximum absolute atomic E-state index is 12.3. The van der Waals surface area contributed by atoms with Crippen molar-refractivity contribution in [3.8, 4) is 5.75 Å². The summed E-state index contributed by atoms with van der Waals surface area (Å²) in [6, 6.07) is 13.8. The lowest BCUT2D eigenvalue weighted by atomic mass is 10.1. The predicted molar refractivity (Wildman–Crippen MR) is 92.6 cm³/mol. The Bertz CT molecular complexity index is 710. The smallest absolute Gasteiger partial charge is 0.307 e. The van der Waals surface area contributed by atoms with E-state index >= 15 is 0 Å². The van der Waals surface area contributed by atoms with E-state index in [0.29, 0.717) is 22.6 Å². The number of ether oxygens (including phenoxy) is 1. The van der Waals surface area contributed by atoms with E-state index in [4.69, 9.17) is 9.84 Å². The van der Waals surface area contributed by atoms with E-state index in [2.05, 4.69) is 5.32 Å². The first-order valence-electron chi connectivity index (χ1n) is 7.86. The number of carbonyl (C=O) groups is 2. The second kappa shape index (κ2) is 8.15. The largest absolute Gasteiger partial charge is 0.491 e. The van der Waals surface area contributed by atoms with Crippen molar-refractivity contribution in [3.05, 3.63) is 59.7 Å². The highest BCUT2D eigenvalue weighted by molar-refractivity contribution is 6.04. The summed E-state index contributed by atoms with van der Waals surface area (Å²) in [4.78, 5) is 23.0. The number of carboxylic acid groups (broad SMARTS) is 1. The first-order chi connectivity index (χ1) is 11.5. The van der Waals surface area contributed by atoms with Crippen molar-refractivity contribution < 1.29 is 19.4 Å². The second-order valence-electron chi connectivity index (χ2n) is 5.59. The molecule has 0 aliphatic carbocycles. The van der Waals surface area contributed by atoms with Crippen LogP contribution in [0.15, 0.2) is 48.5 Å². The number of carbonyl (C=O) groups excluding carboxylic acids is 1. The minimum absolute atomic E-state index is 0.0385. The zero-order valence-corrected chi connectivity index (χ0v) is 13.8. The Kier molecular flexibility index (Phi) is 5.95. The van der Waals surface area contributed by atoms with Crippen molar-refractivity contribution >= 4 is 17.6 Å². The molecular formula is C19H21NO4. The van der Waals surface area contributed by atoms with Crippen LogP contribution in [0.2, 0.25) is 0 Å². The molecule has 0 aliphatic heterocycles. The zero-order chi connectivity index (χ0) is 17.5. The predicted octanol–water partition coefficient (Wildman–Crippen LogP) is 3.74. The Balaban J connectivity index is 2.04. The number of benzene rings is 2. The number of hydrogen-bond donors (Lipinski definition) is 2. The fourth-order valence-corrected chi connectivity index (χ4v) is 2.11. The third-order valence-electron chi connectivity index (χ3n) is 3.58. The molecule has 0 bridgehead atoms. The first-order valence-corrected chi connectivity index (χ1v) is 7.86. The highest BCUT2D eigenvalue weighted by Crippen LogP contribution is 2.18. The van der Waals surface area contributed by atoms with Gasteiger partial charge < -0.3 is 15.2 Å². The Labute approximate surface area is 141 Å². The van der Waals surface area contributed by atoms with Crippen LogP contribution in [-0.2, 0) is 11.2 Å². The average molecular weight is 327 g/mol. The van der Waals surface area contributed by atoms with Crippen LogP contribution in [0.1, 0.15) is 36.2 Å². The van der Waals surface area contributed by atoms with Crippen LogP contribution in [0.4, 0.5) is 5.69 Å². The quantitative estimate of drug-likeness (QED) is 0.812. The molecule has 24 heavy (non-hydrogen) atoms. The van der Waals surface area contributed by atoms with E-state index in [1.54, 1.807) is 42.5 Å². The molecule has 126 valence electrons. The highest BCUT2D eigenvalue weighted by atomic mass is 16.5. The topological polar surface area (TPSA) is 75.6 Å². The summed E-state index contributed by atoms with van der Waals surface area (Å²) in [6.07, 6.45) is 0.938. The van der Waals surface area contributed by atoms with Crippen LogP contribution in [0, 0.1) is 0 Å². The lowest BCUT2D eigenvalue weighted by Gasteiger charge is -2.13. The van der Waals surface area contributed by atoms with Crippen LogP contribution >= 0.6 is 0 Å². The normalized spacial score (nSPS) is 11.6. The van der Waals surface area contributed by atoms with Gasteiger partial charge in [-0.25, -0.2) is 0 Å². The molecule has 1 atom stereocenters. The van der Waals surface area contributed by atoms with Crippen molar-refractivity contribution in [1.82, 2.24) is 0 Å². The van der Waals surface area contributed by atoms with Gasteiger partial charge in [-0.1, -0.05) is 25.1 Å². The van der Waals surface area contributed by atoms with Gasteiger partial charge in [0.25, 0.3) is 5.91 Å². The molecule has 2 N–H and O–H groups in total. The molecule has 2 rings (SSSR count). The van der Waals surface area contributed by atoms with E-state index in [1.165, 1.54) is 0 Å². The maximum atomic E-state index is 12.3. The van der Waals surface area contributed by atoms with Crippen molar-refractivity contribution in [2.45, 2.75) is 32.8 Å². The molecule has 0 spiro atoms. The molecule has 0 heterocycles. The van der Waals surface area contributed by atoms with Gasteiger partial charge in [-0.2, -0.15) is 0 Å². The third kappa shape index (κ3) is 5.12. The average Bonchev–Trinajstić information content (AvgIpc) is 2.56.